The maximum atomic E-state index is 5.49. The summed E-state index contributed by atoms with van der Waals surface area (Å²) in [6.45, 7) is 0.755. The van der Waals surface area contributed by atoms with Crippen molar-refractivity contribution in [3.63, 3.8) is 0 Å². The van der Waals surface area contributed by atoms with Gasteiger partial charge >= 0.3 is 0 Å². The predicted molar refractivity (Wildman–Crippen MR) is 65.1 cm³/mol. The van der Waals surface area contributed by atoms with Gasteiger partial charge in [0.25, 0.3) is 0 Å². The van der Waals surface area contributed by atoms with Crippen molar-refractivity contribution in [3.8, 4) is 0 Å². The van der Waals surface area contributed by atoms with Crippen LogP contribution in [0.1, 0.15) is 24.8 Å². The van der Waals surface area contributed by atoms with Gasteiger partial charge < -0.3 is 9.15 Å². The van der Waals surface area contributed by atoms with E-state index in [1.807, 2.05) is 6.07 Å². The molecule has 1 radical (unpaired) electrons. The summed E-state index contributed by atoms with van der Waals surface area (Å²) < 4.78 is 10.3. The Morgan fingerprint density at radius 2 is 2.06 bits per heavy atom. The van der Waals surface area contributed by atoms with Crippen molar-refractivity contribution in [2.24, 2.45) is 0 Å². The maximum absolute atomic E-state index is 5.49. The third-order valence-electron chi connectivity index (χ3n) is 2.80. The third kappa shape index (κ3) is 2.64. The van der Waals surface area contributed by atoms with E-state index < -0.39 is 0 Å². The van der Waals surface area contributed by atoms with Gasteiger partial charge in [-0.1, -0.05) is 24.6 Å². The van der Waals surface area contributed by atoms with Gasteiger partial charge in [-0.3, -0.25) is 0 Å². The zero-order chi connectivity index (χ0) is 11.2. The molecule has 0 aliphatic heterocycles. The smallest absolute Gasteiger partial charge is 0.137 e. The van der Waals surface area contributed by atoms with Gasteiger partial charge in [-0.25, -0.2) is 0 Å². The molecular weight excluding hydrogens is 200 g/mol. The number of unbranched alkanes of at least 4 members (excludes halogenated alkanes) is 2. The van der Waals surface area contributed by atoms with Crippen LogP contribution in [0.3, 0.4) is 0 Å². The standard InChI is InChI=1S/C14H17O2/c1-15-10-4-2-3-6-12-7-5-8-13-9-11-16-14(12)13/h5,7-9,11H,1-4,6,10H2. The second-order valence-corrected chi connectivity index (χ2v) is 3.97. The molecular formula is C14H17O2. The molecule has 0 N–H and O–H groups in total. The van der Waals surface area contributed by atoms with Crippen molar-refractivity contribution in [1.82, 2.24) is 0 Å². The molecule has 2 aromatic rings. The summed E-state index contributed by atoms with van der Waals surface area (Å²) in [4.78, 5) is 0. The summed E-state index contributed by atoms with van der Waals surface area (Å²) in [5.41, 5.74) is 2.34. The van der Waals surface area contributed by atoms with Crippen LogP contribution in [0.2, 0.25) is 0 Å². The monoisotopic (exact) mass is 217 g/mol. The minimum atomic E-state index is 0.755. The van der Waals surface area contributed by atoms with Crippen molar-refractivity contribution in [2.45, 2.75) is 25.7 Å². The number of hydrogen-bond acceptors (Lipinski definition) is 2. The zero-order valence-electron chi connectivity index (χ0n) is 9.45. The van der Waals surface area contributed by atoms with Gasteiger partial charge in [-0.15, -0.1) is 0 Å². The van der Waals surface area contributed by atoms with Crippen LogP contribution >= 0.6 is 0 Å². The molecule has 16 heavy (non-hydrogen) atoms. The van der Waals surface area contributed by atoms with E-state index in [0.29, 0.717) is 0 Å². The van der Waals surface area contributed by atoms with E-state index in [1.54, 1.807) is 6.26 Å². The molecule has 0 aliphatic carbocycles. The Hall–Kier alpha value is -1.28. The summed E-state index contributed by atoms with van der Waals surface area (Å²) in [5, 5.41) is 1.19. The number of aryl methyl sites for hydroxylation is 1. The number of fused-ring (bicyclic) bond motifs is 1. The number of ether oxygens (including phenoxy) is 1. The third-order valence-corrected chi connectivity index (χ3v) is 2.80. The molecule has 1 aromatic carbocycles. The molecule has 0 spiro atoms. The van der Waals surface area contributed by atoms with E-state index in [4.69, 9.17) is 9.15 Å². The van der Waals surface area contributed by atoms with Crippen LogP contribution in [0, 0.1) is 7.11 Å². The Balaban J connectivity index is 1.91. The number of benzene rings is 1. The van der Waals surface area contributed by atoms with E-state index in [1.165, 1.54) is 23.8 Å². The molecule has 0 saturated heterocycles. The Bertz CT molecular complexity index is 431. The summed E-state index contributed by atoms with van der Waals surface area (Å²) in [5.74, 6) is 0. The fraction of sp³-hybridized carbons (Fsp3) is 0.357. The number of para-hydroxylation sites is 1. The molecule has 0 aliphatic rings. The van der Waals surface area contributed by atoms with Crippen molar-refractivity contribution in [3.05, 3.63) is 43.2 Å². The van der Waals surface area contributed by atoms with Crippen molar-refractivity contribution in [2.75, 3.05) is 6.61 Å². The molecule has 1 heterocycles. The molecule has 0 atom stereocenters. The van der Waals surface area contributed by atoms with E-state index >= 15 is 0 Å². The first-order chi connectivity index (χ1) is 7.92. The van der Waals surface area contributed by atoms with Gasteiger partial charge in [-0.05, 0) is 30.9 Å². The molecule has 2 rings (SSSR count). The first kappa shape index (κ1) is 11.2. The normalized spacial score (nSPS) is 11.1. The Kier molecular flexibility index (Phi) is 4.00. The lowest BCUT2D eigenvalue weighted by atomic mass is 10.1. The minimum absolute atomic E-state index is 0.755. The summed E-state index contributed by atoms with van der Waals surface area (Å²) in [6.07, 6.45) is 6.25. The Morgan fingerprint density at radius 3 is 2.94 bits per heavy atom. The van der Waals surface area contributed by atoms with Crippen LogP contribution in [0.5, 0.6) is 0 Å². The van der Waals surface area contributed by atoms with E-state index in [9.17, 15) is 0 Å². The molecule has 0 unspecified atom stereocenters. The largest absolute Gasteiger partial charge is 0.464 e. The molecule has 2 heteroatoms. The van der Waals surface area contributed by atoms with Crippen LogP contribution in [0.25, 0.3) is 11.0 Å². The zero-order valence-corrected chi connectivity index (χ0v) is 9.45. The molecule has 0 fully saturated rings. The highest BCUT2D eigenvalue weighted by Crippen LogP contribution is 2.21. The fourth-order valence-electron chi connectivity index (χ4n) is 1.95. The molecule has 1 aromatic heterocycles. The molecule has 2 nitrogen and oxygen atoms in total. The van der Waals surface area contributed by atoms with Gasteiger partial charge in [0, 0.05) is 12.0 Å². The summed E-state index contributed by atoms with van der Waals surface area (Å²) >= 11 is 0. The van der Waals surface area contributed by atoms with Crippen LogP contribution in [0.4, 0.5) is 0 Å². The van der Waals surface area contributed by atoms with Crippen molar-refractivity contribution >= 4 is 11.0 Å². The Labute approximate surface area is 96.2 Å². The SMILES string of the molecule is [CH2]OCCCCCc1cccc2ccoc12. The van der Waals surface area contributed by atoms with E-state index in [-0.39, 0.29) is 0 Å². The fourth-order valence-corrected chi connectivity index (χ4v) is 1.95. The van der Waals surface area contributed by atoms with Crippen LogP contribution in [-0.4, -0.2) is 6.61 Å². The number of furan rings is 1. The van der Waals surface area contributed by atoms with Gasteiger partial charge in [0.1, 0.15) is 5.58 Å². The molecule has 85 valence electrons. The van der Waals surface area contributed by atoms with Crippen LogP contribution < -0.4 is 0 Å². The van der Waals surface area contributed by atoms with Crippen LogP contribution in [-0.2, 0) is 11.2 Å². The number of rotatable bonds is 6. The first-order valence-electron chi connectivity index (χ1n) is 5.74. The highest BCUT2D eigenvalue weighted by molar-refractivity contribution is 5.80. The van der Waals surface area contributed by atoms with Crippen LogP contribution in [0.15, 0.2) is 34.9 Å². The maximum Gasteiger partial charge on any atom is 0.137 e. The molecule has 0 saturated carbocycles. The summed E-state index contributed by atoms with van der Waals surface area (Å²) in [7, 11) is 3.36. The molecule has 0 amide bonds. The average Bonchev–Trinajstić information content (AvgIpc) is 2.77. The average molecular weight is 217 g/mol. The first-order valence-corrected chi connectivity index (χ1v) is 5.74. The van der Waals surface area contributed by atoms with Gasteiger partial charge in [0.05, 0.1) is 13.4 Å². The van der Waals surface area contributed by atoms with Gasteiger partial charge in [0.2, 0.25) is 0 Å². The number of hydrogen-bond donors (Lipinski definition) is 0. The second-order valence-electron chi connectivity index (χ2n) is 3.97. The lowest BCUT2D eigenvalue weighted by Crippen LogP contribution is -1.90. The van der Waals surface area contributed by atoms with Gasteiger partial charge in [0.15, 0.2) is 0 Å². The van der Waals surface area contributed by atoms with Crippen molar-refractivity contribution < 1.29 is 9.15 Å². The highest BCUT2D eigenvalue weighted by atomic mass is 16.5. The highest BCUT2D eigenvalue weighted by Gasteiger charge is 2.03. The second kappa shape index (κ2) is 5.71. The van der Waals surface area contributed by atoms with Crippen molar-refractivity contribution in [1.29, 1.82) is 0 Å². The van der Waals surface area contributed by atoms with E-state index in [0.717, 1.165) is 25.0 Å². The predicted octanol–water partition coefficient (Wildman–Crippen LogP) is 3.95. The topological polar surface area (TPSA) is 22.4 Å². The quantitative estimate of drug-likeness (QED) is 0.683. The molecule has 0 bridgehead atoms. The lowest BCUT2D eigenvalue weighted by Gasteiger charge is -2.02. The van der Waals surface area contributed by atoms with Gasteiger partial charge in [-0.2, -0.15) is 0 Å². The van der Waals surface area contributed by atoms with E-state index in [2.05, 4.69) is 25.3 Å². The summed E-state index contributed by atoms with van der Waals surface area (Å²) in [6, 6.07) is 8.32. The minimum Gasteiger partial charge on any atom is -0.464 e. The Morgan fingerprint density at radius 1 is 1.12 bits per heavy atom. The lowest BCUT2D eigenvalue weighted by molar-refractivity contribution is 0.234.